The van der Waals surface area contributed by atoms with Crippen molar-refractivity contribution in [2.24, 2.45) is 28.6 Å². The van der Waals surface area contributed by atoms with Gasteiger partial charge in [-0.2, -0.15) is 0 Å². The lowest BCUT2D eigenvalue weighted by atomic mass is 9.47. The summed E-state index contributed by atoms with van der Waals surface area (Å²) in [4.78, 5) is 28.5. The van der Waals surface area contributed by atoms with Crippen LogP contribution in [0.1, 0.15) is 57.6 Å². The highest BCUT2D eigenvalue weighted by Gasteiger charge is 2.65. The summed E-state index contributed by atoms with van der Waals surface area (Å²) in [6.45, 7) is 4.20. The minimum absolute atomic E-state index is 0.0220. The summed E-state index contributed by atoms with van der Waals surface area (Å²) in [5.74, 6) is 1.67. The predicted molar refractivity (Wildman–Crippen MR) is 119 cm³/mol. The lowest BCUT2D eigenvalue weighted by Crippen LogP contribution is -2.70. The number of hydrogen-bond donors (Lipinski definition) is 0. The molecule has 6 atom stereocenters. The Morgan fingerprint density at radius 1 is 1.00 bits per heavy atom. The van der Waals surface area contributed by atoms with Crippen LogP contribution in [0.3, 0.4) is 0 Å². The summed E-state index contributed by atoms with van der Waals surface area (Å²) in [6, 6.07) is 15.3. The van der Waals surface area contributed by atoms with Gasteiger partial charge in [0.05, 0.1) is 24.0 Å². The third-order valence-corrected chi connectivity index (χ3v) is 9.03. The molecule has 2 aromatic rings. The predicted octanol–water partition coefficient (Wildman–Crippen LogP) is 5.12. The number of rotatable bonds is 3. The van der Waals surface area contributed by atoms with Crippen LogP contribution in [0.15, 0.2) is 42.5 Å². The molecule has 4 nitrogen and oxygen atoms in total. The second-order valence-corrected chi connectivity index (χ2v) is 11.1. The quantitative estimate of drug-likeness (QED) is 0.515. The first-order chi connectivity index (χ1) is 14.9. The number of esters is 1. The number of methoxy groups -OCH3 is 1. The normalized spacial score (nSPS) is 37.7. The summed E-state index contributed by atoms with van der Waals surface area (Å²) in [5.41, 5.74) is 0.554. The number of carbonyl (C=O) groups is 2. The van der Waals surface area contributed by atoms with Crippen molar-refractivity contribution in [1.82, 2.24) is 4.90 Å². The molecule has 1 heterocycles. The molecule has 0 radical (unpaired) electrons. The molecule has 5 fully saturated rings. The molecule has 0 spiro atoms. The molecule has 0 N–H and O–H groups in total. The van der Waals surface area contributed by atoms with Crippen molar-refractivity contribution in [2.75, 3.05) is 7.11 Å². The fourth-order valence-electron chi connectivity index (χ4n) is 8.10. The monoisotopic (exact) mass is 417 g/mol. The van der Waals surface area contributed by atoms with Gasteiger partial charge in [0.25, 0.3) is 0 Å². The van der Waals surface area contributed by atoms with Crippen LogP contribution in [-0.4, -0.2) is 29.9 Å². The summed E-state index contributed by atoms with van der Waals surface area (Å²) in [7, 11) is 1.52. The maximum Gasteiger partial charge on any atom is 0.311 e. The summed E-state index contributed by atoms with van der Waals surface area (Å²) < 4.78 is 5.24. The van der Waals surface area contributed by atoms with Crippen molar-refractivity contribution >= 4 is 22.6 Å². The number of ether oxygens (including phenoxy) is 1. The fraction of sp³-hybridized carbons (Fsp3) is 0.556. The van der Waals surface area contributed by atoms with E-state index in [-0.39, 0.29) is 29.4 Å². The van der Waals surface area contributed by atoms with Crippen LogP contribution < -0.4 is 0 Å². The van der Waals surface area contributed by atoms with Crippen molar-refractivity contribution in [2.45, 2.75) is 58.0 Å². The number of likely N-dealkylation sites (tertiary alicyclic amines) is 1. The Morgan fingerprint density at radius 2 is 1.68 bits per heavy atom. The fourth-order valence-corrected chi connectivity index (χ4v) is 8.10. The molecule has 4 heteroatoms. The van der Waals surface area contributed by atoms with Gasteiger partial charge in [-0.15, -0.1) is 0 Å². The van der Waals surface area contributed by atoms with Gasteiger partial charge >= 0.3 is 5.97 Å². The van der Waals surface area contributed by atoms with Crippen LogP contribution in [-0.2, 0) is 14.3 Å². The lowest BCUT2D eigenvalue weighted by molar-refractivity contribution is -0.203. The van der Waals surface area contributed by atoms with E-state index in [0.717, 1.165) is 32.1 Å². The number of amides is 1. The smallest absolute Gasteiger partial charge is 0.311 e. The van der Waals surface area contributed by atoms with Crippen molar-refractivity contribution in [3.63, 3.8) is 0 Å². The number of nitrogens with zero attached hydrogens (tertiary/aromatic N) is 1. The van der Waals surface area contributed by atoms with Crippen LogP contribution in [0.25, 0.3) is 10.8 Å². The van der Waals surface area contributed by atoms with Gasteiger partial charge in [0, 0.05) is 6.04 Å². The van der Waals surface area contributed by atoms with Gasteiger partial charge in [-0.05, 0) is 80.0 Å². The number of carbonyl (C=O) groups excluding carboxylic acids is 2. The Morgan fingerprint density at radius 3 is 2.39 bits per heavy atom. The Balaban J connectivity index is 1.41. The lowest BCUT2D eigenvalue weighted by Gasteiger charge is -2.66. The van der Waals surface area contributed by atoms with Gasteiger partial charge in [0.15, 0.2) is 0 Å². The number of hydrogen-bond acceptors (Lipinski definition) is 3. The average Bonchev–Trinajstić information content (AvgIpc) is 2.76. The summed E-state index contributed by atoms with van der Waals surface area (Å²) in [6.07, 6.45) is 5.03. The maximum atomic E-state index is 13.5. The molecule has 162 valence electrons. The standard InChI is InChI=1S/C27H31NO3/c1-26(2)23(21-10-6-8-17-7-4-5-9-20(17)21)28(24(26)29)22-18-11-16-12-19(22)15-27(13-16,14-18)25(30)31-3/h4-10,16,18-19,22-23H,11-15H2,1-3H3/t16?,18-,19?,22?,23?,27?/m0/s1. The first-order valence-electron chi connectivity index (χ1n) is 11.7. The van der Waals surface area contributed by atoms with Crippen molar-refractivity contribution in [3.8, 4) is 0 Å². The zero-order valence-corrected chi connectivity index (χ0v) is 18.6. The van der Waals surface area contributed by atoms with E-state index >= 15 is 0 Å². The van der Waals surface area contributed by atoms with Crippen LogP contribution in [0.4, 0.5) is 0 Å². The summed E-state index contributed by atoms with van der Waals surface area (Å²) >= 11 is 0. The first kappa shape index (κ1) is 19.3. The van der Waals surface area contributed by atoms with Crippen LogP contribution in [0.5, 0.6) is 0 Å². The molecule has 0 aromatic heterocycles. The second-order valence-electron chi connectivity index (χ2n) is 11.1. The van der Waals surface area contributed by atoms with Crippen molar-refractivity contribution in [3.05, 3.63) is 48.0 Å². The highest BCUT2D eigenvalue weighted by atomic mass is 16.5. The molecular weight excluding hydrogens is 386 g/mol. The molecule has 5 aliphatic rings. The summed E-state index contributed by atoms with van der Waals surface area (Å²) in [5, 5.41) is 2.47. The van der Waals surface area contributed by atoms with E-state index in [1.165, 1.54) is 23.4 Å². The van der Waals surface area contributed by atoms with E-state index in [9.17, 15) is 9.59 Å². The van der Waals surface area contributed by atoms with E-state index < -0.39 is 5.41 Å². The van der Waals surface area contributed by atoms with E-state index in [4.69, 9.17) is 4.74 Å². The minimum Gasteiger partial charge on any atom is -0.469 e. The molecule has 4 bridgehead atoms. The molecular formula is C27H31NO3. The Hall–Kier alpha value is -2.36. The van der Waals surface area contributed by atoms with Crippen LogP contribution >= 0.6 is 0 Å². The minimum atomic E-state index is -0.404. The molecule has 2 aromatic carbocycles. The molecule has 31 heavy (non-hydrogen) atoms. The van der Waals surface area contributed by atoms with Crippen LogP contribution in [0.2, 0.25) is 0 Å². The zero-order chi connectivity index (χ0) is 21.5. The molecule has 1 amide bonds. The SMILES string of the molecule is COC(=O)C12CC3CC(C1)C(N1C(=O)C(C)(C)C1c1cccc4ccccc14)[C@@H](C3)C2. The van der Waals surface area contributed by atoms with Gasteiger partial charge in [-0.3, -0.25) is 9.59 Å². The first-order valence-corrected chi connectivity index (χ1v) is 11.7. The van der Waals surface area contributed by atoms with Gasteiger partial charge < -0.3 is 9.64 Å². The number of β-lactam (4-membered cyclic amide) rings is 1. The van der Waals surface area contributed by atoms with E-state index in [1.54, 1.807) is 0 Å². The van der Waals surface area contributed by atoms with Gasteiger partial charge in [0.2, 0.25) is 5.91 Å². The Kier molecular flexibility index (Phi) is 3.95. The van der Waals surface area contributed by atoms with Crippen LogP contribution in [0, 0.1) is 28.6 Å². The molecule has 4 aliphatic carbocycles. The van der Waals surface area contributed by atoms with Crippen molar-refractivity contribution < 1.29 is 14.3 Å². The number of benzene rings is 2. The van der Waals surface area contributed by atoms with Crippen molar-refractivity contribution in [1.29, 1.82) is 0 Å². The van der Waals surface area contributed by atoms with Gasteiger partial charge in [0.1, 0.15) is 0 Å². The molecule has 1 aliphatic heterocycles. The Bertz CT molecular complexity index is 1070. The molecule has 4 saturated carbocycles. The molecule has 1 saturated heterocycles. The Labute approximate surface area is 183 Å². The third-order valence-electron chi connectivity index (χ3n) is 9.03. The highest BCUT2D eigenvalue weighted by molar-refractivity contribution is 5.94. The van der Waals surface area contributed by atoms with E-state index in [0.29, 0.717) is 17.8 Å². The average molecular weight is 418 g/mol. The largest absolute Gasteiger partial charge is 0.469 e. The van der Waals surface area contributed by atoms with Gasteiger partial charge in [-0.25, -0.2) is 0 Å². The molecule has 7 rings (SSSR count). The zero-order valence-electron chi connectivity index (χ0n) is 18.6. The number of fused-ring (bicyclic) bond motifs is 1. The highest BCUT2D eigenvalue weighted by Crippen LogP contribution is 2.65. The topological polar surface area (TPSA) is 46.6 Å². The molecule has 5 unspecified atom stereocenters. The van der Waals surface area contributed by atoms with E-state index in [1.807, 2.05) is 0 Å². The van der Waals surface area contributed by atoms with E-state index in [2.05, 4.69) is 61.2 Å². The maximum absolute atomic E-state index is 13.5. The third kappa shape index (κ3) is 2.48. The second kappa shape index (κ2) is 6.34. The van der Waals surface area contributed by atoms with Gasteiger partial charge in [-0.1, -0.05) is 42.5 Å².